The minimum atomic E-state index is -0.213. The highest BCUT2D eigenvalue weighted by Crippen LogP contribution is 2.20. The van der Waals surface area contributed by atoms with Crippen molar-refractivity contribution in [2.75, 3.05) is 25.0 Å². The molecule has 0 atom stereocenters. The van der Waals surface area contributed by atoms with Crippen LogP contribution in [-0.4, -0.2) is 36.4 Å². The smallest absolute Gasteiger partial charge is 0.253 e. The van der Waals surface area contributed by atoms with E-state index in [9.17, 15) is 9.59 Å². The maximum atomic E-state index is 12.4. The van der Waals surface area contributed by atoms with Crippen molar-refractivity contribution < 1.29 is 9.59 Å². The van der Waals surface area contributed by atoms with E-state index >= 15 is 0 Å². The molecule has 0 aliphatic rings. The third-order valence-electron chi connectivity index (χ3n) is 4.58. The largest absolute Gasteiger partial charge is 0.358 e. The molecule has 6 nitrogen and oxygen atoms in total. The molecule has 4 N–H and O–H groups in total. The lowest BCUT2D eigenvalue weighted by Crippen LogP contribution is -2.32. The Kier molecular flexibility index (Phi) is 7.58. The lowest BCUT2D eigenvalue weighted by atomic mass is 10.1. The van der Waals surface area contributed by atoms with E-state index in [0.717, 1.165) is 46.9 Å². The van der Waals surface area contributed by atoms with Crippen LogP contribution in [0, 0.1) is 27.7 Å². The van der Waals surface area contributed by atoms with Gasteiger partial charge in [-0.2, -0.15) is 0 Å². The Morgan fingerprint density at radius 2 is 1.86 bits per heavy atom. The Morgan fingerprint density at radius 1 is 1.11 bits per heavy atom. The Hall–Kier alpha value is -2.86. The fourth-order valence-corrected chi connectivity index (χ4v) is 3.10. The van der Waals surface area contributed by atoms with Gasteiger partial charge in [-0.05, 0) is 57.5 Å². The molecular weight excluding hydrogens is 352 g/mol. The van der Waals surface area contributed by atoms with Crippen LogP contribution in [0.4, 0.5) is 5.69 Å². The van der Waals surface area contributed by atoms with Gasteiger partial charge in [0, 0.05) is 36.2 Å². The number of hydrogen-bond acceptors (Lipinski definition) is 3. The number of carbonyl (C=O) groups excluding carboxylic acids is 2. The standard InChI is InChI=1S/C22H30N4O2/c1-6-23-11-12-24-22(28)21-16(4)19(25-17(21)5)9-10-20(27)26-18-8-7-14(2)13-15(18)3/h7-10,13,23,25H,6,11-12H2,1-5H3,(H,24,28)(H,26,27)/b10-9-. The predicted molar refractivity (Wildman–Crippen MR) is 115 cm³/mol. The van der Waals surface area contributed by atoms with Gasteiger partial charge in [0.2, 0.25) is 5.91 Å². The Balaban J connectivity index is 2.05. The van der Waals surface area contributed by atoms with Crippen molar-refractivity contribution in [1.29, 1.82) is 0 Å². The first-order valence-corrected chi connectivity index (χ1v) is 9.57. The molecule has 1 aromatic carbocycles. The average molecular weight is 383 g/mol. The molecule has 2 amide bonds. The van der Waals surface area contributed by atoms with Gasteiger partial charge in [0.1, 0.15) is 0 Å². The number of H-pyrrole nitrogens is 1. The molecule has 1 aromatic heterocycles. The number of carbonyl (C=O) groups is 2. The number of hydrogen-bond donors (Lipinski definition) is 4. The Labute approximate surface area is 166 Å². The molecule has 2 rings (SSSR count). The van der Waals surface area contributed by atoms with E-state index in [4.69, 9.17) is 0 Å². The molecule has 0 aliphatic heterocycles. The van der Waals surface area contributed by atoms with E-state index in [1.165, 1.54) is 6.08 Å². The minimum absolute atomic E-state index is 0.108. The van der Waals surface area contributed by atoms with Gasteiger partial charge in [-0.1, -0.05) is 24.6 Å². The van der Waals surface area contributed by atoms with Crippen LogP contribution in [0.1, 0.15) is 45.4 Å². The number of benzene rings is 1. The van der Waals surface area contributed by atoms with E-state index in [2.05, 4.69) is 20.9 Å². The number of nitrogens with one attached hydrogen (secondary N) is 4. The molecule has 0 unspecified atom stereocenters. The quantitative estimate of drug-likeness (QED) is 0.418. The third-order valence-corrected chi connectivity index (χ3v) is 4.58. The molecule has 0 fully saturated rings. The van der Waals surface area contributed by atoms with Gasteiger partial charge in [-0.15, -0.1) is 0 Å². The summed E-state index contributed by atoms with van der Waals surface area (Å²) in [5, 5.41) is 8.97. The van der Waals surface area contributed by atoms with Crippen molar-refractivity contribution in [2.24, 2.45) is 0 Å². The molecule has 0 saturated carbocycles. The zero-order valence-corrected chi connectivity index (χ0v) is 17.3. The Bertz CT molecular complexity index is 881. The first-order valence-electron chi connectivity index (χ1n) is 9.57. The SMILES string of the molecule is CCNCCNC(=O)c1c(C)[nH]c(/C=C\C(=O)Nc2ccc(C)cc2C)c1C. The molecule has 0 radical (unpaired) electrons. The Morgan fingerprint density at radius 3 is 2.54 bits per heavy atom. The van der Waals surface area contributed by atoms with Gasteiger partial charge in [0.05, 0.1) is 5.56 Å². The molecular formula is C22H30N4O2. The fraction of sp³-hybridized carbons (Fsp3) is 0.364. The molecule has 150 valence electrons. The third kappa shape index (κ3) is 5.57. The summed E-state index contributed by atoms with van der Waals surface area (Å²) < 4.78 is 0. The normalized spacial score (nSPS) is 11.0. The molecule has 2 aromatic rings. The van der Waals surface area contributed by atoms with Crippen molar-refractivity contribution in [3.05, 3.63) is 57.9 Å². The number of rotatable bonds is 8. The van der Waals surface area contributed by atoms with Crippen molar-refractivity contribution in [1.82, 2.24) is 15.6 Å². The van der Waals surface area contributed by atoms with E-state index in [-0.39, 0.29) is 11.8 Å². The summed E-state index contributed by atoms with van der Waals surface area (Å²) in [6.07, 6.45) is 3.18. The number of aromatic nitrogens is 1. The maximum absolute atomic E-state index is 12.4. The van der Waals surface area contributed by atoms with Gasteiger partial charge >= 0.3 is 0 Å². The first-order chi connectivity index (χ1) is 13.3. The lowest BCUT2D eigenvalue weighted by molar-refractivity contribution is -0.111. The van der Waals surface area contributed by atoms with E-state index in [0.29, 0.717) is 12.1 Å². The van der Waals surface area contributed by atoms with Crippen LogP contribution < -0.4 is 16.0 Å². The van der Waals surface area contributed by atoms with Gasteiger partial charge in [0.25, 0.3) is 5.91 Å². The van der Waals surface area contributed by atoms with E-state index in [1.54, 1.807) is 6.08 Å². The monoisotopic (exact) mass is 382 g/mol. The van der Waals surface area contributed by atoms with Crippen LogP contribution in [-0.2, 0) is 4.79 Å². The van der Waals surface area contributed by atoms with E-state index in [1.807, 2.05) is 52.8 Å². The summed E-state index contributed by atoms with van der Waals surface area (Å²) in [4.78, 5) is 27.9. The summed E-state index contributed by atoms with van der Waals surface area (Å²) in [6, 6.07) is 5.89. The molecule has 0 saturated heterocycles. The minimum Gasteiger partial charge on any atom is -0.358 e. The topological polar surface area (TPSA) is 86.0 Å². The van der Waals surface area contributed by atoms with Crippen LogP contribution in [0.3, 0.4) is 0 Å². The fourth-order valence-electron chi connectivity index (χ4n) is 3.10. The highest BCUT2D eigenvalue weighted by Gasteiger charge is 2.16. The number of likely N-dealkylation sites (N-methyl/N-ethyl adjacent to an activating group) is 1. The molecule has 0 spiro atoms. The molecule has 1 heterocycles. The summed E-state index contributed by atoms with van der Waals surface area (Å²) in [5.74, 6) is -0.321. The summed E-state index contributed by atoms with van der Waals surface area (Å²) in [5.41, 5.74) is 5.96. The average Bonchev–Trinajstić information content (AvgIpc) is 2.93. The highest BCUT2D eigenvalue weighted by atomic mass is 16.2. The number of anilines is 1. The summed E-state index contributed by atoms with van der Waals surface area (Å²) >= 11 is 0. The zero-order valence-electron chi connectivity index (χ0n) is 17.3. The van der Waals surface area contributed by atoms with Gasteiger partial charge < -0.3 is 20.9 Å². The second-order valence-corrected chi connectivity index (χ2v) is 6.91. The second kappa shape index (κ2) is 9.90. The molecule has 28 heavy (non-hydrogen) atoms. The van der Waals surface area contributed by atoms with Gasteiger partial charge in [0.15, 0.2) is 0 Å². The predicted octanol–water partition coefficient (Wildman–Crippen LogP) is 3.24. The van der Waals surface area contributed by atoms with Crippen LogP contribution in [0.25, 0.3) is 6.08 Å². The van der Waals surface area contributed by atoms with Crippen LogP contribution in [0.5, 0.6) is 0 Å². The first kappa shape index (κ1) is 21.4. The molecule has 6 heteroatoms. The summed E-state index contributed by atoms with van der Waals surface area (Å²) in [7, 11) is 0. The molecule has 0 bridgehead atoms. The zero-order chi connectivity index (χ0) is 20.7. The molecule has 0 aliphatic carbocycles. The second-order valence-electron chi connectivity index (χ2n) is 6.91. The van der Waals surface area contributed by atoms with Crippen molar-refractivity contribution in [3.8, 4) is 0 Å². The van der Waals surface area contributed by atoms with Crippen LogP contribution in [0.2, 0.25) is 0 Å². The van der Waals surface area contributed by atoms with Gasteiger partial charge in [-0.3, -0.25) is 9.59 Å². The van der Waals surface area contributed by atoms with Crippen molar-refractivity contribution in [3.63, 3.8) is 0 Å². The van der Waals surface area contributed by atoms with Crippen LogP contribution >= 0.6 is 0 Å². The van der Waals surface area contributed by atoms with Crippen molar-refractivity contribution >= 4 is 23.6 Å². The van der Waals surface area contributed by atoms with Crippen molar-refractivity contribution in [2.45, 2.75) is 34.6 Å². The maximum Gasteiger partial charge on any atom is 0.253 e. The van der Waals surface area contributed by atoms with E-state index < -0.39 is 0 Å². The van der Waals surface area contributed by atoms with Gasteiger partial charge in [-0.25, -0.2) is 0 Å². The lowest BCUT2D eigenvalue weighted by Gasteiger charge is -2.07. The number of aryl methyl sites for hydroxylation is 3. The summed E-state index contributed by atoms with van der Waals surface area (Å²) in [6.45, 7) is 11.9. The number of aromatic amines is 1. The van der Waals surface area contributed by atoms with Crippen LogP contribution in [0.15, 0.2) is 24.3 Å². The number of amides is 2. The highest BCUT2D eigenvalue weighted by molar-refractivity contribution is 6.03.